The minimum Gasteiger partial charge on any atom is -0.342 e. The molecule has 2 amide bonds. The van der Waals surface area contributed by atoms with Gasteiger partial charge >= 0.3 is 0 Å². The van der Waals surface area contributed by atoms with Crippen molar-refractivity contribution in [2.24, 2.45) is 0 Å². The Morgan fingerprint density at radius 1 is 1.30 bits per heavy atom. The van der Waals surface area contributed by atoms with E-state index >= 15 is 0 Å². The van der Waals surface area contributed by atoms with Crippen LogP contribution in [0.25, 0.3) is 0 Å². The van der Waals surface area contributed by atoms with E-state index in [1.807, 2.05) is 0 Å². The van der Waals surface area contributed by atoms with Gasteiger partial charge in [0.15, 0.2) is 0 Å². The highest BCUT2D eigenvalue weighted by molar-refractivity contribution is 5.92. The SMILES string of the molecule is CC1(C)NC(=O)CCN(Cc2ccc(F)cc2F)C1=O. The van der Waals surface area contributed by atoms with Crippen LogP contribution in [-0.2, 0) is 16.1 Å². The zero-order valence-electron chi connectivity index (χ0n) is 11.4. The predicted molar refractivity (Wildman–Crippen MR) is 68.6 cm³/mol. The number of benzene rings is 1. The van der Waals surface area contributed by atoms with Crippen molar-refractivity contribution in [3.63, 3.8) is 0 Å². The molecule has 1 saturated heterocycles. The van der Waals surface area contributed by atoms with Crippen LogP contribution in [0.1, 0.15) is 25.8 Å². The molecule has 0 radical (unpaired) electrons. The van der Waals surface area contributed by atoms with Gasteiger partial charge in [-0.3, -0.25) is 9.59 Å². The number of carbonyl (C=O) groups is 2. The van der Waals surface area contributed by atoms with Crippen molar-refractivity contribution >= 4 is 11.8 Å². The van der Waals surface area contributed by atoms with Gasteiger partial charge in [0.25, 0.3) is 0 Å². The molecule has 1 aliphatic heterocycles. The first kappa shape index (κ1) is 14.4. The lowest BCUT2D eigenvalue weighted by Crippen LogP contribution is -2.52. The Morgan fingerprint density at radius 2 is 2.00 bits per heavy atom. The Hall–Kier alpha value is -1.98. The Morgan fingerprint density at radius 3 is 2.65 bits per heavy atom. The summed E-state index contributed by atoms with van der Waals surface area (Å²) < 4.78 is 26.5. The molecule has 1 fully saturated rings. The van der Waals surface area contributed by atoms with Gasteiger partial charge in [0.05, 0.1) is 0 Å². The molecule has 0 aromatic heterocycles. The van der Waals surface area contributed by atoms with E-state index in [9.17, 15) is 18.4 Å². The first-order valence-corrected chi connectivity index (χ1v) is 6.34. The van der Waals surface area contributed by atoms with Crippen molar-refractivity contribution in [3.8, 4) is 0 Å². The average molecular weight is 282 g/mol. The van der Waals surface area contributed by atoms with Gasteiger partial charge in [-0.2, -0.15) is 0 Å². The highest BCUT2D eigenvalue weighted by Crippen LogP contribution is 2.18. The molecule has 1 aliphatic rings. The number of carbonyl (C=O) groups excluding carboxylic acids is 2. The van der Waals surface area contributed by atoms with Crippen LogP contribution in [0.5, 0.6) is 0 Å². The van der Waals surface area contributed by atoms with Gasteiger partial charge in [-0.25, -0.2) is 8.78 Å². The largest absolute Gasteiger partial charge is 0.342 e. The number of hydrogen-bond donors (Lipinski definition) is 1. The molecule has 1 aromatic rings. The Bertz CT molecular complexity index is 558. The number of nitrogens with zero attached hydrogens (tertiary/aromatic N) is 1. The topological polar surface area (TPSA) is 49.4 Å². The van der Waals surface area contributed by atoms with E-state index in [0.717, 1.165) is 12.1 Å². The quantitative estimate of drug-likeness (QED) is 0.895. The predicted octanol–water partition coefficient (Wildman–Crippen LogP) is 1.59. The molecule has 1 N–H and O–H groups in total. The summed E-state index contributed by atoms with van der Waals surface area (Å²) in [4.78, 5) is 25.3. The summed E-state index contributed by atoms with van der Waals surface area (Å²) in [5.74, 6) is -1.86. The van der Waals surface area contributed by atoms with Gasteiger partial charge in [-0.15, -0.1) is 0 Å². The van der Waals surface area contributed by atoms with Crippen LogP contribution < -0.4 is 5.32 Å². The summed E-state index contributed by atoms with van der Waals surface area (Å²) in [5.41, 5.74) is -0.797. The summed E-state index contributed by atoms with van der Waals surface area (Å²) in [7, 11) is 0. The standard InChI is InChI=1S/C14H16F2N2O2/c1-14(2)13(20)18(6-5-12(19)17-14)8-9-3-4-10(15)7-11(9)16/h3-4,7H,5-6,8H2,1-2H3,(H,17,19). The Kier molecular flexibility index (Phi) is 3.74. The van der Waals surface area contributed by atoms with Crippen molar-refractivity contribution in [2.75, 3.05) is 6.54 Å². The second kappa shape index (κ2) is 5.19. The first-order chi connectivity index (χ1) is 9.29. The molecular weight excluding hydrogens is 266 g/mol. The molecule has 4 nitrogen and oxygen atoms in total. The van der Waals surface area contributed by atoms with E-state index in [1.165, 1.54) is 11.0 Å². The van der Waals surface area contributed by atoms with E-state index in [-0.39, 0.29) is 36.9 Å². The fourth-order valence-corrected chi connectivity index (χ4v) is 2.20. The van der Waals surface area contributed by atoms with Gasteiger partial charge in [-0.05, 0) is 19.9 Å². The van der Waals surface area contributed by atoms with Gasteiger partial charge in [0.1, 0.15) is 17.2 Å². The van der Waals surface area contributed by atoms with Crippen LogP contribution in [0.2, 0.25) is 0 Å². The third-order valence-corrected chi connectivity index (χ3v) is 3.26. The van der Waals surface area contributed by atoms with Gasteiger partial charge in [0, 0.05) is 31.1 Å². The van der Waals surface area contributed by atoms with Crippen molar-refractivity contribution in [1.82, 2.24) is 10.2 Å². The third-order valence-electron chi connectivity index (χ3n) is 3.26. The monoisotopic (exact) mass is 282 g/mol. The van der Waals surface area contributed by atoms with Crippen LogP contribution in [-0.4, -0.2) is 28.8 Å². The molecule has 6 heteroatoms. The van der Waals surface area contributed by atoms with Crippen LogP contribution in [0.3, 0.4) is 0 Å². The average Bonchev–Trinajstić information content (AvgIpc) is 2.43. The maximum Gasteiger partial charge on any atom is 0.248 e. The molecule has 0 spiro atoms. The number of nitrogens with one attached hydrogen (secondary N) is 1. The molecule has 1 aromatic carbocycles. The van der Waals surface area contributed by atoms with E-state index in [0.29, 0.717) is 0 Å². The molecule has 20 heavy (non-hydrogen) atoms. The molecule has 0 unspecified atom stereocenters. The van der Waals surface area contributed by atoms with Crippen molar-refractivity contribution in [2.45, 2.75) is 32.4 Å². The van der Waals surface area contributed by atoms with Crippen molar-refractivity contribution < 1.29 is 18.4 Å². The first-order valence-electron chi connectivity index (χ1n) is 6.34. The second-order valence-electron chi connectivity index (χ2n) is 5.39. The van der Waals surface area contributed by atoms with Crippen LogP contribution in [0.15, 0.2) is 18.2 Å². The van der Waals surface area contributed by atoms with Gasteiger partial charge in [-0.1, -0.05) is 6.07 Å². The zero-order chi connectivity index (χ0) is 14.9. The van der Waals surface area contributed by atoms with Crippen LogP contribution in [0, 0.1) is 11.6 Å². The highest BCUT2D eigenvalue weighted by Gasteiger charge is 2.36. The smallest absolute Gasteiger partial charge is 0.248 e. The molecule has 0 saturated carbocycles. The number of amides is 2. The summed E-state index contributed by atoms with van der Waals surface area (Å²) in [5, 5.41) is 2.62. The molecule has 0 aliphatic carbocycles. The maximum atomic E-state index is 13.6. The van der Waals surface area contributed by atoms with E-state index < -0.39 is 17.2 Å². The lowest BCUT2D eigenvalue weighted by molar-refractivity contribution is -0.137. The van der Waals surface area contributed by atoms with Gasteiger partial charge in [0.2, 0.25) is 11.8 Å². The lowest BCUT2D eigenvalue weighted by Gasteiger charge is -2.29. The summed E-state index contributed by atoms with van der Waals surface area (Å²) in [6, 6.07) is 3.24. The fourth-order valence-electron chi connectivity index (χ4n) is 2.20. The normalized spacial score (nSPS) is 18.7. The van der Waals surface area contributed by atoms with E-state index in [4.69, 9.17) is 0 Å². The van der Waals surface area contributed by atoms with E-state index in [1.54, 1.807) is 13.8 Å². The summed E-state index contributed by atoms with van der Waals surface area (Å²) in [6.07, 6.45) is 0.165. The second-order valence-corrected chi connectivity index (χ2v) is 5.39. The fraction of sp³-hybridized carbons (Fsp3) is 0.429. The Balaban J connectivity index is 2.23. The highest BCUT2D eigenvalue weighted by atomic mass is 19.1. The molecular formula is C14H16F2N2O2. The molecule has 2 rings (SSSR count). The van der Waals surface area contributed by atoms with E-state index in [2.05, 4.69) is 5.32 Å². The molecule has 1 heterocycles. The summed E-state index contributed by atoms with van der Waals surface area (Å²) >= 11 is 0. The molecule has 108 valence electrons. The maximum absolute atomic E-state index is 13.6. The van der Waals surface area contributed by atoms with Crippen molar-refractivity contribution in [1.29, 1.82) is 0 Å². The zero-order valence-corrected chi connectivity index (χ0v) is 11.4. The summed E-state index contributed by atoms with van der Waals surface area (Å²) in [6.45, 7) is 3.44. The van der Waals surface area contributed by atoms with Crippen LogP contribution >= 0.6 is 0 Å². The molecule has 0 atom stereocenters. The number of halogens is 2. The third kappa shape index (κ3) is 2.95. The minimum absolute atomic E-state index is 0.0172. The lowest BCUT2D eigenvalue weighted by atomic mass is 10.0. The number of hydrogen-bond acceptors (Lipinski definition) is 2. The van der Waals surface area contributed by atoms with Gasteiger partial charge < -0.3 is 10.2 Å². The Labute approximate surface area is 115 Å². The van der Waals surface area contributed by atoms with Crippen LogP contribution in [0.4, 0.5) is 8.78 Å². The molecule has 0 bridgehead atoms. The minimum atomic E-state index is -1.02. The van der Waals surface area contributed by atoms with Crippen molar-refractivity contribution in [3.05, 3.63) is 35.4 Å². The number of rotatable bonds is 2.